The van der Waals surface area contributed by atoms with Crippen molar-refractivity contribution in [2.24, 2.45) is 12.8 Å². The molecule has 4 aromatic heterocycles. The number of hydrogen-bond acceptors (Lipinski definition) is 9. The van der Waals surface area contributed by atoms with Gasteiger partial charge in [0, 0.05) is 30.8 Å². The van der Waals surface area contributed by atoms with E-state index < -0.39 is 0 Å². The van der Waals surface area contributed by atoms with E-state index in [0.29, 0.717) is 33.9 Å². The minimum atomic E-state index is -0.258. The maximum absolute atomic E-state index is 13.0. The lowest BCUT2D eigenvalue weighted by Gasteiger charge is -2.04. The molecule has 140 valence electrons. The number of rotatable bonds is 5. The Morgan fingerprint density at radius 2 is 2.32 bits per heavy atom. The predicted molar refractivity (Wildman–Crippen MR) is 109 cm³/mol. The Morgan fingerprint density at radius 3 is 3.07 bits per heavy atom. The molecule has 4 heterocycles. The first-order valence-corrected chi connectivity index (χ1v) is 9.84. The minimum Gasteiger partial charge on any atom is -0.402 e. The average molecular weight is 410 g/mol. The van der Waals surface area contributed by atoms with Crippen LogP contribution in [0.5, 0.6) is 0 Å². The van der Waals surface area contributed by atoms with E-state index in [0.717, 1.165) is 21.3 Å². The van der Waals surface area contributed by atoms with Crippen LogP contribution >= 0.6 is 22.7 Å². The van der Waals surface area contributed by atoms with Crippen LogP contribution in [0.15, 0.2) is 28.3 Å². The SMILES string of the molecule is Cn1c2nc(CC(N)=CC=N)sc2c2cnn(Cc3ncsc3C#N)c(=O)c21. The smallest absolute Gasteiger partial charge is 0.291 e. The summed E-state index contributed by atoms with van der Waals surface area (Å²) in [4.78, 5) is 22.2. The fourth-order valence-corrected chi connectivity index (χ4v) is 4.71. The molecule has 0 spiro atoms. The Hall–Kier alpha value is -3.36. The zero-order chi connectivity index (χ0) is 19.8. The topological polar surface area (TPSA) is 139 Å². The number of nitrogens with one attached hydrogen (secondary N) is 1. The van der Waals surface area contributed by atoms with Crippen LogP contribution in [-0.4, -0.2) is 30.5 Å². The molecule has 0 radical (unpaired) electrons. The summed E-state index contributed by atoms with van der Waals surface area (Å²) >= 11 is 2.70. The molecule has 0 aliphatic heterocycles. The zero-order valence-electron chi connectivity index (χ0n) is 14.7. The molecule has 4 aromatic rings. The summed E-state index contributed by atoms with van der Waals surface area (Å²) in [6, 6.07) is 2.08. The fraction of sp³-hybridized carbons (Fsp3) is 0.176. The van der Waals surface area contributed by atoms with Crippen LogP contribution in [0.25, 0.3) is 21.3 Å². The standard InChI is InChI=1S/C17H14N8OS2/c1-24-14-10(15-16(24)23-13(28-15)4-9(20)2-3-18)6-22-25(17(14)26)7-11-12(5-19)27-8-21-11/h2-3,6,8,18H,4,7,20H2,1H3. The summed E-state index contributed by atoms with van der Waals surface area (Å²) in [6.45, 7) is 0.142. The van der Waals surface area contributed by atoms with Gasteiger partial charge in [-0.25, -0.2) is 14.6 Å². The molecule has 9 nitrogen and oxygen atoms in total. The number of aryl methyl sites for hydroxylation is 1. The van der Waals surface area contributed by atoms with Crippen LogP contribution < -0.4 is 11.3 Å². The van der Waals surface area contributed by atoms with Crippen molar-refractivity contribution in [3.05, 3.63) is 49.4 Å². The number of nitrogens with two attached hydrogens (primary N) is 1. The van der Waals surface area contributed by atoms with Gasteiger partial charge in [0.2, 0.25) is 0 Å². The van der Waals surface area contributed by atoms with E-state index in [4.69, 9.17) is 16.4 Å². The molecule has 3 N–H and O–H groups in total. The van der Waals surface area contributed by atoms with Crippen molar-refractivity contribution in [2.75, 3.05) is 0 Å². The first-order valence-electron chi connectivity index (χ1n) is 8.15. The fourth-order valence-electron chi connectivity index (χ4n) is 2.98. The predicted octanol–water partition coefficient (Wildman–Crippen LogP) is 1.76. The van der Waals surface area contributed by atoms with Crippen molar-refractivity contribution in [3.63, 3.8) is 0 Å². The molecule has 0 bridgehead atoms. The maximum atomic E-state index is 13.0. The van der Waals surface area contributed by atoms with Crippen molar-refractivity contribution in [1.29, 1.82) is 10.7 Å². The highest BCUT2D eigenvalue weighted by molar-refractivity contribution is 7.19. The van der Waals surface area contributed by atoms with E-state index in [2.05, 4.69) is 21.1 Å². The lowest BCUT2D eigenvalue weighted by molar-refractivity contribution is 0.634. The molecule has 0 aliphatic carbocycles. The second kappa shape index (κ2) is 6.99. The van der Waals surface area contributed by atoms with Crippen molar-refractivity contribution >= 4 is 50.1 Å². The average Bonchev–Trinajstić information content (AvgIpc) is 3.34. The van der Waals surface area contributed by atoms with Gasteiger partial charge in [-0.3, -0.25) is 4.79 Å². The Morgan fingerprint density at radius 1 is 1.50 bits per heavy atom. The first-order chi connectivity index (χ1) is 13.5. The van der Waals surface area contributed by atoms with Gasteiger partial charge >= 0.3 is 0 Å². The molecule has 0 amide bonds. The van der Waals surface area contributed by atoms with Crippen LogP contribution in [-0.2, 0) is 20.0 Å². The van der Waals surface area contributed by atoms with E-state index in [1.807, 2.05) is 0 Å². The van der Waals surface area contributed by atoms with Gasteiger partial charge in [-0.2, -0.15) is 10.4 Å². The Kier molecular flexibility index (Phi) is 4.50. The molecule has 0 fully saturated rings. The lowest BCUT2D eigenvalue weighted by atomic mass is 10.3. The van der Waals surface area contributed by atoms with Crippen molar-refractivity contribution in [2.45, 2.75) is 13.0 Å². The third-order valence-electron chi connectivity index (χ3n) is 4.26. The van der Waals surface area contributed by atoms with Crippen LogP contribution in [0.4, 0.5) is 0 Å². The summed E-state index contributed by atoms with van der Waals surface area (Å²) in [6.07, 6.45) is 4.76. The highest BCUT2D eigenvalue weighted by Gasteiger charge is 2.19. The summed E-state index contributed by atoms with van der Waals surface area (Å²) in [7, 11) is 1.79. The van der Waals surface area contributed by atoms with Gasteiger partial charge in [0.25, 0.3) is 5.56 Å². The molecule has 0 unspecified atom stereocenters. The second-order valence-corrected chi connectivity index (χ2v) is 7.95. The highest BCUT2D eigenvalue weighted by Crippen LogP contribution is 2.31. The molecule has 0 aliphatic rings. The van der Waals surface area contributed by atoms with Gasteiger partial charge in [-0.1, -0.05) is 0 Å². The van der Waals surface area contributed by atoms with E-state index >= 15 is 0 Å². The van der Waals surface area contributed by atoms with Crippen LogP contribution in [0.3, 0.4) is 0 Å². The summed E-state index contributed by atoms with van der Waals surface area (Å²) in [5.41, 5.74) is 9.48. The lowest BCUT2D eigenvalue weighted by Crippen LogP contribution is -2.25. The molecule has 0 saturated carbocycles. The summed E-state index contributed by atoms with van der Waals surface area (Å²) < 4.78 is 3.94. The molecular formula is C17H14N8OS2. The monoisotopic (exact) mass is 410 g/mol. The number of aromatic nitrogens is 5. The maximum Gasteiger partial charge on any atom is 0.291 e. The van der Waals surface area contributed by atoms with Gasteiger partial charge in [0.15, 0.2) is 5.65 Å². The van der Waals surface area contributed by atoms with E-state index in [1.54, 1.807) is 23.3 Å². The van der Waals surface area contributed by atoms with Gasteiger partial charge < -0.3 is 15.7 Å². The van der Waals surface area contributed by atoms with Crippen molar-refractivity contribution in [3.8, 4) is 6.07 Å². The number of thiazole rings is 2. The Bertz CT molecular complexity index is 1350. The quantitative estimate of drug-likeness (QED) is 0.481. The largest absolute Gasteiger partial charge is 0.402 e. The zero-order valence-corrected chi connectivity index (χ0v) is 16.3. The molecule has 28 heavy (non-hydrogen) atoms. The molecule has 0 atom stereocenters. The normalized spacial score (nSPS) is 11.9. The first kappa shape index (κ1) is 18.0. The summed E-state index contributed by atoms with van der Waals surface area (Å²) in [5, 5.41) is 22.0. The third kappa shape index (κ3) is 2.88. The van der Waals surface area contributed by atoms with Crippen LogP contribution in [0.2, 0.25) is 0 Å². The molecule has 11 heteroatoms. The van der Waals surface area contributed by atoms with Gasteiger partial charge in [0.1, 0.15) is 21.5 Å². The van der Waals surface area contributed by atoms with Crippen molar-refractivity contribution < 1.29 is 0 Å². The second-order valence-electron chi connectivity index (χ2n) is 6.01. The Labute approximate surface area is 166 Å². The third-order valence-corrected chi connectivity index (χ3v) is 6.12. The number of nitrogens with zero attached hydrogens (tertiary/aromatic N) is 6. The molecule has 0 aromatic carbocycles. The molecule has 4 rings (SSSR count). The number of hydrogen-bond donors (Lipinski definition) is 2. The van der Waals surface area contributed by atoms with Gasteiger partial charge in [0.05, 0.1) is 28.6 Å². The van der Waals surface area contributed by atoms with E-state index in [-0.39, 0.29) is 12.1 Å². The Balaban J connectivity index is 1.80. The van der Waals surface area contributed by atoms with Crippen molar-refractivity contribution in [1.82, 2.24) is 24.3 Å². The molecule has 0 saturated heterocycles. The van der Waals surface area contributed by atoms with Gasteiger partial charge in [-0.15, -0.1) is 22.7 Å². The molecular weight excluding hydrogens is 396 g/mol. The number of nitriles is 1. The summed E-state index contributed by atoms with van der Waals surface area (Å²) in [5.74, 6) is 0. The van der Waals surface area contributed by atoms with Gasteiger partial charge in [-0.05, 0) is 6.08 Å². The number of fused-ring (bicyclic) bond motifs is 3. The minimum absolute atomic E-state index is 0.142. The van der Waals surface area contributed by atoms with E-state index in [1.165, 1.54) is 33.4 Å². The number of allylic oxidation sites excluding steroid dienone is 2. The highest BCUT2D eigenvalue weighted by atomic mass is 32.1. The van der Waals surface area contributed by atoms with Crippen LogP contribution in [0, 0.1) is 16.7 Å². The van der Waals surface area contributed by atoms with E-state index in [9.17, 15) is 4.79 Å². The van der Waals surface area contributed by atoms with Crippen LogP contribution in [0.1, 0.15) is 15.6 Å².